The predicted octanol–water partition coefficient (Wildman–Crippen LogP) is 2.44. The molecule has 1 aromatic carbocycles. The Bertz CT molecular complexity index is 688. The molecule has 0 radical (unpaired) electrons. The van der Waals surface area contributed by atoms with Crippen LogP contribution in [0.5, 0.6) is 5.75 Å². The molecular weight excluding hydrogens is 246 g/mol. The van der Waals surface area contributed by atoms with E-state index >= 15 is 0 Å². The van der Waals surface area contributed by atoms with Gasteiger partial charge in [0.1, 0.15) is 12.0 Å². The van der Waals surface area contributed by atoms with Gasteiger partial charge in [-0.3, -0.25) is 0 Å². The first-order chi connectivity index (χ1) is 9.31. The highest BCUT2D eigenvalue weighted by atomic mass is 16.6. The molecule has 0 fully saturated rings. The second-order valence-corrected chi connectivity index (χ2v) is 3.95. The number of amides is 1. The second kappa shape index (κ2) is 4.85. The number of benzene rings is 1. The van der Waals surface area contributed by atoms with E-state index in [-0.39, 0.29) is 6.54 Å². The van der Waals surface area contributed by atoms with Crippen molar-refractivity contribution in [3.05, 3.63) is 48.8 Å². The lowest BCUT2D eigenvalue weighted by molar-refractivity contribution is 0.200. The zero-order valence-electron chi connectivity index (χ0n) is 9.92. The Hall–Kier alpha value is -2.76. The molecule has 3 aromatic rings. The maximum Gasteiger partial charge on any atom is 0.412 e. The lowest BCUT2D eigenvalue weighted by Crippen LogP contribution is -2.26. The van der Waals surface area contributed by atoms with Gasteiger partial charge in [-0.05, 0) is 24.3 Å². The summed E-state index contributed by atoms with van der Waals surface area (Å²) in [6.45, 7) is 0.266. The zero-order valence-corrected chi connectivity index (χ0v) is 9.92. The Morgan fingerprint density at radius 3 is 3.21 bits per heavy atom. The van der Waals surface area contributed by atoms with Crippen molar-refractivity contribution >= 4 is 17.0 Å². The number of H-pyrrole nitrogens is 1. The van der Waals surface area contributed by atoms with Gasteiger partial charge < -0.3 is 19.5 Å². The average Bonchev–Trinajstić information content (AvgIpc) is 3.07. The van der Waals surface area contributed by atoms with Crippen LogP contribution >= 0.6 is 0 Å². The van der Waals surface area contributed by atoms with E-state index in [4.69, 9.17) is 9.15 Å². The summed E-state index contributed by atoms with van der Waals surface area (Å²) in [5, 5.41) is 3.57. The maximum absolute atomic E-state index is 11.6. The van der Waals surface area contributed by atoms with Crippen LogP contribution in [0.2, 0.25) is 0 Å². The van der Waals surface area contributed by atoms with E-state index in [1.54, 1.807) is 12.1 Å². The third kappa shape index (κ3) is 2.57. The highest BCUT2D eigenvalue weighted by Gasteiger charge is 2.06. The first-order valence-electron chi connectivity index (χ1n) is 5.71. The van der Waals surface area contributed by atoms with Crippen molar-refractivity contribution in [2.45, 2.75) is 6.54 Å². The Morgan fingerprint density at radius 1 is 1.42 bits per heavy atom. The van der Waals surface area contributed by atoms with Crippen molar-refractivity contribution in [3.63, 3.8) is 0 Å². The van der Waals surface area contributed by atoms with Crippen molar-refractivity contribution in [1.82, 2.24) is 15.3 Å². The van der Waals surface area contributed by atoms with E-state index in [0.29, 0.717) is 11.4 Å². The molecule has 0 unspecified atom stereocenters. The summed E-state index contributed by atoms with van der Waals surface area (Å²) >= 11 is 0. The van der Waals surface area contributed by atoms with Gasteiger partial charge in [0.15, 0.2) is 6.39 Å². The molecule has 3 rings (SSSR count). The first kappa shape index (κ1) is 11.3. The first-order valence-corrected chi connectivity index (χ1v) is 5.71. The molecule has 0 aliphatic heterocycles. The van der Waals surface area contributed by atoms with E-state index in [0.717, 1.165) is 10.9 Å². The molecule has 1 amide bonds. The van der Waals surface area contributed by atoms with Gasteiger partial charge in [-0.1, -0.05) is 0 Å². The molecule has 0 saturated carbocycles. The summed E-state index contributed by atoms with van der Waals surface area (Å²) in [5.41, 5.74) is 1.63. The number of aromatic nitrogens is 2. The molecule has 0 atom stereocenters. The third-order valence-electron chi connectivity index (χ3n) is 2.63. The number of carbonyl (C=O) groups excluding carboxylic acids is 1. The van der Waals surface area contributed by atoms with Crippen molar-refractivity contribution < 1.29 is 13.9 Å². The number of carbonyl (C=O) groups is 1. The van der Waals surface area contributed by atoms with Crippen molar-refractivity contribution in [1.29, 1.82) is 0 Å². The molecule has 0 spiro atoms. The molecule has 6 nitrogen and oxygen atoms in total. The summed E-state index contributed by atoms with van der Waals surface area (Å²) in [6.07, 6.45) is 4.07. The zero-order chi connectivity index (χ0) is 13.1. The van der Waals surface area contributed by atoms with Gasteiger partial charge in [0.2, 0.25) is 0 Å². The van der Waals surface area contributed by atoms with Crippen LogP contribution in [0, 0.1) is 0 Å². The van der Waals surface area contributed by atoms with E-state index in [9.17, 15) is 4.79 Å². The monoisotopic (exact) mass is 257 g/mol. The van der Waals surface area contributed by atoms with Crippen LogP contribution in [0.3, 0.4) is 0 Å². The number of nitrogens with one attached hydrogen (secondary N) is 2. The van der Waals surface area contributed by atoms with Gasteiger partial charge in [-0.15, -0.1) is 0 Å². The smallest absolute Gasteiger partial charge is 0.412 e. The van der Waals surface area contributed by atoms with E-state index in [1.165, 1.54) is 12.7 Å². The quantitative estimate of drug-likeness (QED) is 0.755. The number of fused-ring (bicyclic) bond motifs is 1. The maximum atomic E-state index is 11.6. The SMILES string of the molecule is O=C(NCc1cocn1)Oc1ccc2[nH]ccc2c1. The molecule has 2 aromatic heterocycles. The number of aromatic amines is 1. The lowest BCUT2D eigenvalue weighted by Gasteiger charge is -2.05. The van der Waals surface area contributed by atoms with Gasteiger partial charge in [-0.2, -0.15) is 0 Å². The molecule has 2 N–H and O–H groups in total. The topological polar surface area (TPSA) is 80.2 Å². The summed E-state index contributed by atoms with van der Waals surface area (Å²) in [5.74, 6) is 0.491. The molecule has 0 aliphatic rings. The molecular formula is C13H11N3O3. The van der Waals surface area contributed by atoms with Crippen LogP contribution in [0.4, 0.5) is 4.79 Å². The molecule has 96 valence electrons. The fourth-order valence-corrected chi connectivity index (χ4v) is 1.73. The Balaban J connectivity index is 1.62. The van der Waals surface area contributed by atoms with Crippen molar-refractivity contribution in [2.75, 3.05) is 0 Å². The van der Waals surface area contributed by atoms with Crippen LogP contribution in [0.1, 0.15) is 5.69 Å². The predicted molar refractivity (Wildman–Crippen MR) is 67.7 cm³/mol. The summed E-state index contributed by atoms with van der Waals surface area (Å²) < 4.78 is 9.97. The molecule has 6 heteroatoms. The van der Waals surface area contributed by atoms with Crippen LogP contribution in [-0.4, -0.2) is 16.1 Å². The standard InChI is InChI=1S/C13H11N3O3/c17-13(15-6-10-7-18-8-16-10)19-11-1-2-12-9(5-11)3-4-14-12/h1-5,7-8,14H,6H2,(H,15,17). The van der Waals surface area contributed by atoms with Crippen LogP contribution < -0.4 is 10.1 Å². The third-order valence-corrected chi connectivity index (χ3v) is 2.63. The molecule has 0 bridgehead atoms. The van der Waals surface area contributed by atoms with Gasteiger partial charge in [0.05, 0.1) is 12.2 Å². The Morgan fingerprint density at radius 2 is 2.37 bits per heavy atom. The molecule has 2 heterocycles. The van der Waals surface area contributed by atoms with Gasteiger partial charge >= 0.3 is 6.09 Å². The highest BCUT2D eigenvalue weighted by Crippen LogP contribution is 2.19. The normalized spacial score (nSPS) is 10.5. The summed E-state index contributed by atoms with van der Waals surface area (Å²) in [6, 6.07) is 7.29. The number of hydrogen-bond donors (Lipinski definition) is 2. The largest absolute Gasteiger partial charge is 0.451 e. The minimum atomic E-state index is -0.530. The van der Waals surface area contributed by atoms with Crippen molar-refractivity contribution in [2.24, 2.45) is 0 Å². The van der Waals surface area contributed by atoms with Crippen LogP contribution in [0.15, 0.2) is 47.5 Å². The second-order valence-electron chi connectivity index (χ2n) is 3.95. The summed E-state index contributed by atoms with van der Waals surface area (Å²) in [7, 11) is 0. The van der Waals surface area contributed by atoms with E-state index < -0.39 is 6.09 Å². The van der Waals surface area contributed by atoms with E-state index in [1.807, 2.05) is 18.3 Å². The lowest BCUT2D eigenvalue weighted by atomic mass is 10.2. The summed E-state index contributed by atoms with van der Waals surface area (Å²) in [4.78, 5) is 18.5. The minimum absolute atomic E-state index is 0.266. The number of oxazole rings is 1. The fourth-order valence-electron chi connectivity index (χ4n) is 1.73. The van der Waals surface area contributed by atoms with Crippen LogP contribution in [0.25, 0.3) is 10.9 Å². The number of nitrogens with zero attached hydrogens (tertiary/aromatic N) is 1. The molecule has 0 saturated heterocycles. The van der Waals surface area contributed by atoms with Gasteiger partial charge in [0, 0.05) is 17.1 Å². The molecule has 19 heavy (non-hydrogen) atoms. The van der Waals surface area contributed by atoms with Gasteiger partial charge in [-0.25, -0.2) is 9.78 Å². The number of hydrogen-bond acceptors (Lipinski definition) is 4. The number of rotatable bonds is 3. The van der Waals surface area contributed by atoms with Crippen molar-refractivity contribution in [3.8, 4) is 5.75 Å². The highest BCUT2D eigenvalue weighted by molar-refractivity contribution is 5.82. The van der Waals surface area contributed by atoms with E-state index in [2.05, 4.69) is 15.3 Å². The number of ether oxygens (including phenoxy) is 1. The average molecular weight is 257 g/mol. The van der Waals surface area contributed by atoms with Crippen LogP contribution in [-0.2, 0) is 6.54 Å². The Kier molecular flexibility index (Phi) is 2.89. The fraction of sp³-hybridized carbons (Fsp3) is 0.0769. The minimum Gasteiger partial charge on any atom is -0.451 e. The van der Waals surface area contributed by atoms with Gasteiger partial charge in [0.25, 0.3) is 0 Å². The Labute approximate surface area is 108 Å². The molecule has 0 aliphatic carbocycles.